The first-order valence-electron chi connectivity index (χ1n) is 5.32. The predicted octanol–water partition coefficient (Wildman–Crippen LogP) is 2.35. The lowest BCUT2D eigenvalue weighted by molar-refractivity contribution is 0.319. The average molecular weight is 204 g/mol. The van der Waals surface area contributed by atoms with E-state index >= 15 is 0 Å². The largest absolute Gasteiger partial charge is 0.411 e. The van der Waals surface area contributed by atoms with E-state index in [4.69, 9.17) is 10.9 Å². The number of anilines is 1. The maximum atomic E-state index is 8.75. The molecule has 3 nitrogen and oxygen atoms in total. The minimum atomic E-state index is 0.584. The zero-order valence-corrected chi connectivity index (χ0v) is 8.95. The van der Waals surface area contributed by atoms with Gasteiger partial charge in [0.15, 0.2) is 0 Å². The molecule has 0 radical (unpaired) electrons. The molecule has 0 fully saturated rings. The van der Waals surface area contributed by atoms with Crippen molar-refractivity contribution in [2.24, 2.45) is 5.16 Å². The fourth-order valence-electron chi connectivity index (χ4n) is 2.17. The highest BCUT2D eigenvalue weighted by atomic mass is 16.4. The smallest absolute Gasteiger partial charge is 0.0857 e. The lowest BCUT2D eigenvalue weighted by Crippen LogP contribution is -2.08. The minimum Gasteiger partial charge on any atom is -0.411 e. The van der Waals surface area contributed by atoms with Crippen LogP contribution in [0, 0.1) is 0 Å². The SMILES string of the molecule is C/C(=N\O)c1cc2c(cc1N)CCCC2. The van der Waals surface area contributed by atoms with Crippen molar-refractivity contribution in [1.82, 2.24) is 0 Å². The molecule has 0 atom stereocenters. The van der Waals surface area contributed by atoms with Crippen molar-refractivity contribution in [3.8, 4) is 0 Å². The first-order valence-corrected chi connectivity index (χ1v) is 5.32. The Labute approximate surface area is 89.6 Å². The Morgan fingerprint density at radius 1 is 1.27 bits per heavy atom. The first-order chi connectivity index (χ1) is 7.22. The van der Waals surface area contributed by atoms with E-state index in [2.05, 4.69) is 11.2 Å². The Hall–Kier alpha value is -1.51. The summed E-state index contributed by atoms with van der Waals surface area (Å²) in [5.41, 5.74) is 10.8. The van der Waals surface area contributed by atoms with Crippen LogP contribution >= 0.6 is 0 Å². The molecule has 2 rings (SSSR count). The number of nitrogens with zero attached hydrogens (tertiary/aromatic N) is 1. The van der Waals surface area contributed by atoms with Crippen LogP contribution in [0.15, 0.2) is 17.3 Å². The van der Waals surface area contributed by atoms with Gasteiger partial charge in [0.1, 0.15) is 0 Å². The third kappa shape index (κ3) is 1.82. The summed E-state index contributed by atoms with van der Waals surface area (Å²) in [6.45, 7) is 1.76. The van der Waals surface area contributed by atoms with Gasteiger partial charge in [-0.3, -0.25) is 0 Å². The van der Waals surface area contributed by atoms with Gasteiger partial charge in [-0.25, -0.2) is 0 Å². The Balaban J connectivity index is 2.49. The summed E-state index contributed by atoms with van der Waals surface area (Å²) < 4.78 is 0. The van der Waals surface area contributed by atoms with Crippen LogP contribution in [-0.4, -0.2) is 10.9 Å². The number of nitrogens with two attached hydrogens (primary N) is 1. The van der Waals surface area contributed by atoms with E-state index in [1.165, 1.54) is 24.0 Å². The number of nitrogen functional groups attached to an aromatic ring is 1. The molecular weight excluding hydrogens is 188 g/mol. The molecular formula is C12H16N2O. The number of fused-ring (bicyclic) bond motifs is 1. The molecule has 80 valence electrons. The number of rotatable bonds is 1. The van der Waals surface area contributed by atoms with Crippen LogP contribution < -0.4 is 5.73 Å². The third-order valence-corrected chi connectivity index (χ3v) is 3.05. The lowest BCUT2D eigenvalue weighted by atomic mass is 9.89. The number of aryl methyl sites for hydroxylation is 2. The van der Waals surface area contributed by atoms with E-state index < -0.39 is 0 Å². The summed E-state index contributed by atoms with van der Waals surface area (Å²) in [7, 11) is 0. The van der Waals surface area contributed by atoms with Gasteiger partial charge in [0.05, 0.1) is 5.71 Å². The molecule has 1 aliphatic rings. The Morgan fingerprint density at radius 2 is 1.87 bits per heavy atom. The highest BCUT2D eigenvalue weighted by Gasteiger charge is 2.13. The molecule has 0 heterocycles. The number of hydrogen-bond acceptors (Lipinski definition) is 3. The Bertz CT molecular complexity index is 410. The van der Waals surface area contributed by atoms with E-state index in [-0.39, 0.29) is 0 Å². The molecule has 15 heavy (non-hydrogen) atoms. The van der Waals surface area contributed by atoms with Crippen molar-refractivity contribution in [2.75, 3.05) is 5.73 Å². The number of benzene rings is 1. The van der Waals surface area contributed by atoms with Crippen LogP contribution in [0.1, 0.15) is 36.5 Å². The van der Waals surface area contributed by atoms with Gasteiger partial charge in [0.25, 0.3) is 0 Å². The molecule has 0 aliphatic heterocycles. The molecule has 0 spiro atoms. The van der Waals surface area contributed by atoms with E-state index in [1.54, 1.807) is 6.92 Å². The van der Waals surface area contributed by atoms with Crippen molar-refractivity contribution in [1.29, 1.82) is 0 Å². The van der Waals surface area contributed by atoms with Gasteiger partial charge >= 0.3 is 0 Å². The number of oxime groups is 1. The lowest BCUT2D eigenvalue weighted by Gasteiger charge is -2.18. The minimum absolute atomic E-state index is 0.584. The highest BCUT2D eigenvalue weighted by molar-refractivity contribution is 6.03. The summed E-state index contributed by atoms with van der Waals surface area (Å²) in [6, 6.07) is 4.09. The molecule has 0 saturated heterocycles. The van der Waals surface area contributed by atoms with Gasteiger partial charge in [-0.1, -0.05) is 5.16 Å². The molecule has 0 amide bonds. The second kappa shape index (κ2) is 3.93. The topological polar surface area (TPSA) is 58.6 Å². The van der Waals surface area contributed by atoms with Crippen molar-refractivity contribution in [3.63, 3.8) is 0 Å². The molecule has 1 aromatic rings. The molecule has 3 heteroatoms. The first kappa shape index (κ1) is 10.0. The molecule has 3 N–H and O–H groups in total. The molecule has 1 aromatic carbocycles. The van der Waals surface area contributed by atoms with Crippen LogP contribution in [0.3, 0.4) is 0 Å². The van der Waals surface area contributed by atoms with Gasteiger partial charge in [0.2, 0.25) is 0 Å². The third-order valence-electron chi connectivity index (χ3n) is 3.05. The summed E-state index contributed by atoms with van der Waals surface area (Å²) in [4.78, 5) is 0. The van der Waals surface area contributed by atoms with Gasteiger partial charge < -0.3 is 10.9 Å². The van der Waals surface area contributed by atoms with Crippen molar-refractivity contribution in [3.05, 3.63) is 28.8 Å². The summed E-state index contributed by atoms with van der Waals surface area (Å²) in [6.07, 6.45) is 4.72. The zero-order valence-electron chi connectivity index (χ0n) is 8.95. The summed E-state index contributed by atoms with van der Waals surface area (Å²) >= 11 is 0. The monoisotopic (exact) mass is 204 g/mol. The fourth-order valence-corrected chi connectivity index (χ4v) is 2.17. The van der Waals surface area contributed by atoms with Gasteiger partial charge in [-0.05, 0) is 55.9 Å². The van der Waals surface area contributed by atoms with Crippen molar-refractivity contribution in [2.45, 2.75) is 32.6 Å². The normalized spacial score (nSPS) is 16.2. The van der Waals surface area contributed by atoms with E-state index in [9.17, 15) is 0 Å². The Morgan fingerprint density at radius 3 is 2.47 bits per heavy atom. The van der Waals surface area contributed by atoms with Gasteiger partial charge in [-0.15, -0.1) is 0 Å². The summed E-state index contributed by atoms with van der Waals surface area (Å²) in [5, 5.41) is 12.0. The van der Waals surface area contributed by atoms with Crippen molar-refractivity contribution >= 4 is 11.4 Å². The van der Waals surface area contributed by atoms with Crippen molar-refractivity contribution < 1.29 is 5.21 Å². The second-order valence-corrected chi connectivity index (χ2v) is 4.10. The molecule has 0 aromatic heterocycles. The van der Waals surface area contributed by atoms with E-state index in [0.717, 1.165) is 18.4 Å². The van der Waals surface area contributed by atoms with E-state index in [0.29, 0.717) is 11.4 Å². The molecule has 0 saturated carbocycles. The zero-order chi connectivity index (χ0) is 10.8. The Kier molecular flexibility index (Phi) is 2.62. The van der Waals surface area contributed by atoms with Crippen LogP contribution in [0.25, 0.3) is 0 Å². The summed E-state index contributed by atoms with van der Waals surface area (Å²) in [5.74, 6) is 0. The maximum Gasteiger partial charge on any atom is 0.0857 e. The van der Waals surface area contributed by atoms with Crippen LogP contribution in [0.2, 0.25) is 0 Å². The molecule has 0 unspecified atom stereocenters. The average Bonchev–Trinajstić information content (AvgIpc) is 2.27. The number of hydrogen-bond donors (Lipinski definition) is 2. The van der Waals surface area contributed by atoms with E-state index in [1.807, 2.05) is 6.07 Å². The quantitative estimate of drug-likeness (QED) is 0.319. The highest BCUT2D eigenvalue weighted by Crippen LogP contribution is 2.26. The van der Waals surface area contributed by atoms with Gasteiger partial charge in [0, 0.05) is 11.3 Å². The standard InChI is InChI=1S/C12H16N2O/c1-8(14-15)11-6-9-4-2-3-5-10(9)7-12(11)13/h6-7,15H,2-5,13H2,1H3/b14-8+. The van der Waals surface area contributed by atoms with Crippen LogP contribution in [0.4, 0.5) is 5.69 Å². The molecule has 0 bridgehead atoms. The molecule has 1 aliphatic carbocycles. The van der Waals surface area contributed by atoms with Gasteiger partial charge in [-0.2, -0.15) is 0 Å². The van der Waals surface area contributed by atoms with Crippen LogP contribution in [-0.2, 0) is 12.8 Å². The fraction of sp³-hybridized carbons (Fsp3) is 0.417. The maximum absolute atomic E-state index is 8.75. The predicted molar refractivity (Wildman–Crippen MR) is 61.5 cm³/mol. The second-order valence-electron chi connectivity index (χ2n) is 4.10. The van der Waals surface area contributed by atoms with Crippen LogP contribution in [0.5, 0.6) is 0 Å².